The molecule has 1 saturated carbocycles. The average molecular weight is 298 g/mol. The zero-order chi connectivity index (χ0) is 12.4. The highest BCUT2D eigenvalue weighted by molar-refractivity contribution is 9.10. The molecule has 2 N–H and O–H groups in total. The summed E-state index contributed by atoms with van der Waals surface area (Å²) < 4.78 is 0.997. The molecule has 1 aromatic rings. The molecule has 0 atom stereocenters. The Kier molecular flexibility index (Phi) is 4.05. The first kappa shape index (κ1) is 12.8. The molecule has 0 amide bonds. The highest BCUT2D eigenvalue weighted by atomic mass is 79.9. The van der Waals surface area contributed by atoms with Crippen molar-refractivity contribution in [2.24, 2.45) is 11.7 Å². The second-order valence-electron chi connectivity index (χ2n) is 5.03. The van der Waals surface area contributed by atoms with E-state index in [4.69, 9.17) is 5.73 Å². The van der Waals surface area contributed by atoms with Gasteiger partial charge in [0.25, 0.3) is 0 Å². The topological polar surface area (TPSA) is 42.2 Å². The van der Waals surface area contributed by atoms with Crippen LogP contribution in [0.5, 0.6) is 0 Å². The summed E-state index contributed by atoms with van der Waals surface area (Å²) in [5.74, 6) is 1.91. The standard InChI is InChI=1S/C13H20BrN3/c1-9(2)17(8-10-3-4-10)13-11(6-15)5-12(14)7-16-13/h5,7,9-10H,3-4,6,8,15H2,1-2H3. The van der Waals surface area contributed by atoms with Crippen molar-refractivity contribution in [3.05, 3.63) is 22.3 Å². The number of anilines is 1. The molecule has 0 saturated heterocycles. The summed E-state index contributed by atoms with van der Waals surface area (Å²) in [6.07, 6.45) is 4.58. The molecule has 2 rings (SSSR count). The fourth-order valence-corrected chi connectivity index (χ4v) is 2.38. The predicted molar refractivity (Wildman–Crippen MR) is 75.0 cm³/mol. The van der Waals surface area contributed by atoms with Gasteiger partial charge in [0.2, 0.25) is 0 Å². The van der Waals surface area contributed by atoms with Gasteiger partial charge < -0.3 is 10.6 Å². The molecule has 1 heterocycles. The summed E-state index contributed by atoms with van der Waals surface area (Å²) in [5.41, 5.74) is 6.94. The van der Waals surface area contributed by atoms with E-state index in [0.717, 1.165) is 28.3 Å². The van der Waals surface area contributed by atoms with Crippen LogP contribution < -0.4 is 10.6 Å². The first-order chi connectivity index (χ1) is 8.11. The molecule has 0 bridgehead atoms. The van der Waals surface area contributed by atoms with Crippen LogP contribution in [0.1, 0.15) is 32.3 Å². The summed E-state index contributed by atoms with van der Waals surface area (Å²) in [4.78, 5) is 6.93. The van der Waals surface area contributed by atoms with Crippen molar-refractivity contribution >= 4 is 21.7 Å². The van der Waals surface area contributed by atoms with Crippen LogP contribution in [0, 0.1) is 5.92 Å². The second-order valence-corrected chi connectivity index (χ2v) is 5.95. The van der Waals surface area contributed by atoms with Gasteiger partial charge in [-0.05, 0) is 54.6 Å². The summed E-state index contributed by atoms with van der Waals surface area (Å²) in [6.45, 7) is 6.08. The lowest BCUT2D eigenvalue weighted by molar-refractivity contribution is 0.633. The maximum absolute atomic E-state index is 5.82. The van der Waals surface area contributed by atoms with Crippen LogP contribution >= 0.6 is 15.9 Å². The van der Waals surface area contributed by atoms with E-state index >= 15 is 0 Å². The Hall–Kier alpha value is -0.610. The minimum Gasteiger partial charge on any atom is -0.354 e. The lowest BCUT2D eigenvalue weighted by atomic mass is 10.2. The highest BCUT2D eigenvalue weighted by Crippen LogP contribution is 2.33. The molecule has 0 aliphatic heterocycles. The molecule has 1 aliphatic carbocycles. The summed E-state index contributed by atoms with van der Waals surface area (Å²) in [6, 6.07) is 2.54. The van der Waals surface area contributed by atoms with Gasteiger partial charge in [-0.3, -0.25) is 0 Å². The van der Waals surface area contributed by atoms with E-state index in [1.807, 2.05) is 6.20 Å². The second kappa shape index (κ2) is 5.36. The number of aromatic nitrogens is 1. The quantitative estimate of drug-likeness (QED) is 0.909. The Morgan fingerprint density at radius 3 is 2.76 bits per heavy atom. The van der Waals surface area contributed by atoms with Crippen LogP contribution in [0.2, 0.25) is 0 Å². The SMILES string of the molecule is CC(C)N(CC1CC1)c1ncc(Br)cc1CN. The minimum atomic E-state index is 0.467. The maximum Gasteiger partial charge on any atom is 0.133 e. The predicted octanol–water partition coefficient (Wildman–Crippen LogP) is 2.93. The number of nitrogens with two attached hydrogens (primary N) is 1. The number of hydrogen-bond acceptors (Lipinski definition) is 3. The first-order valence-electron chi connectivity index (χ1n) is 6.23. The molecule has 0 spiro atoms. The number of halogens is 1. The van der Waals surface area contributed by atoms with Crippen LogP contribution in [0.3, 0.4) is 0 Å². The van der Waals surface area contributed by atoms with Gasteiger partial charge in [0.15, 0.2) is 0 Å². The Morgan fingerprint density at radius 1 is 1.53 bits per heavy atom. The fraction of sp³-hybridized carbons (Fsp3) is 0.615. The van der Waals surface area contributed by atoms with Crippen LogP contribution in [0.15, 0.2) is 16.7 Å². The number of nitrogens with zero attached hydrogens (tertiary/aromatic N) is 2. The Balaban J connectivity index is 2.26. The molecule has 94 valence electrons. The Labute approximate surface area is 112 Å². The van der Waals surface area contributed by atoms with Gasteiger partial charge in [0.1, 0.15) is 5.82 Å². The smallest absolute Gasteiger partial charge is 0.133 e. The molecule has 0 unspecified atom stereocenters. The van der Waals surface area contributed by atoms with Crippen molar-refractivity contribution in [3.63, 3.8) is 0 Å². The van der Waals surface area contributed by atoms with Crippen molar-refractivity contribution in [2.75, 3.05) is 11.4 Å². The molecule has 0 radical (unpaired) electrons. The van der Waals surface area contributed by atoms with Gasteiger partial charge in [-0.2, -0.15) is 0 Å². The summed E-state index contributed by atoms with van der Waals surface area (Å²) in [5, 5.41) is 0. The fourth-order valence-electron chi connectivity index (χ4n) is 2.00. The normalized spacial score (nSPS) is 15.4. The Morgan fingerprint density at radius 2 is 2.24 bits per heavy atom. The maximum atomic E-state index is 5.82. The van der Waals surface area contributed by atoms with Gasteiger partial charge >= 0.3 is 0 Å². The minimum absolute atomic E-state index is 0.467. The zero-order valence-corrected chi connectivity index (χ0v) is 12.1. The molecule has 3 nitrogen and oxygen atoms in total. The molecular weight excluding hydrogens is 278 g/mol. The lowest BCUT2D eigenvalue weighted by Crippen LogP contribution is -2.34. The molecule has 1 fully saturated rings. The van der Waals surface area contributed by atoms with Crippen LogP contribution in [-0.4, -0.2) is 17.6 Å². The van der Waals surface area contributed by atoms with Crippen molar-refractivity contribution in [2.45, 2.75) is 39.3 Å². The molecule has 4 heteroatoms. The van der Waals surface area contributed by atoms with Gasteiger partial charge in [0, 0.05) is 35.4 Å². The van der Waals surface area contributed by atoms with E-state index in [9.17, 15) is 0 Å². The van der Waals surface area contributed by atoms with Gasteiger partial charge in [-0.25, -0.2) is 4.98 Å². The molecule has 17 heavy (non-hydrogen) atoms. The van der Waals surface area contributed by atoms with E-state index in [0.29, 0.717) is 12.6 Å². The van der Waals surface area contributed by atoms with Crippen LogP contribution in [0.4, 0.5) is 5.82 Å². The van der Waals surface area contributed by atoms with E-state index in [1.54, 1.807) is 0 Å². The lowest BCUT2D eigenvalue weighted by Gasteiger charge is -2.29. The Bertz CT molecular complexity index is 388. The average Bonchev–Trinajstić information content (AvgIpc) is 3.09. The van der Waals surface area contributed by atoms with Crippen molar-refractivity contribution in [1.82, 2.24) is 4.98 Å². The van der Waals surface area contributed by atoms with Gasteiger partial charge in [-0.15, -0.1) is 0 Å². The number of hydrogen-bond donors (Lipinski definition) is 1. The number of pyridine rings is 1. The molecular formula is C13H20BrN3. The third kappa shape index (κ3) is 3.19. The first-order valence-corrected chi connectivity index (χ1v) is 7.02. The van der Waals surface area contributed by atoms with Crippen molar-refractivity contribution < 1.29 is 0 Å². The zero-order valence-electron chi connectivity index (χ0n) is 10.5. The summed E-state index contributed by atoms with van der Waals surface area (Å²) in [7, 11) is 0. The van der Waals surface area contributed by atoms with E-state index < -0.39 is 0 Å². The van der Waals surface area contributed by atoms with E-state index in [-0.39, 0.29) is 0 Å². The number of rotatable bonds is 5. The van der Waals surface area contributed by atoms with Gasteiger partial charge in [-0.1, -0.05) is 0 Å². The van der Waals surface area contributed by atoms with Crippen molar-refractivity contribution in [1.29, 1.82) is 0 Å². The molecule has 1 aliphatic rings. The van der Waals surface area contributed by atoms with E-state index in [1.165, 1.54) is 12.8 Å². The van der Waals surface area contributed by atoms with E-state index in [2.05, 4.69) is 45.7 Å². The molecule has 1 aromatic heterocycles. The summed E-state index contributed by atoms with van der Waals surface area (Å²) >= 11 is 3.45. The largest absolute Gasteiger partial charge is 0.354 e. The van der Waals surface area contributed by atoms with Crippen LogP contribution in [-0.2, 0) is 6.54 Å². The third-order valence-electron chi connectivity index (χ3n) is 3.18. The van der Waals surface area contributed by atoms with Crippen LogP contribution in [0.25, 0.3) is 0 Å². The van der Waals surface area contributed by atoms with Crippen molar-refractivity contribution in [3.8, 4) is 0 Å². The monoisotopic (exact) mass is 297 g/mol. The van der Waals surface area contributed by atoms with Gasteiger partial charge in [0.05, 0.1) is 0 Å². The third-order valence-corrected chi connectivity index (χ3v) is 3.61. The highest BCUT2D eigenvalue weighted by Gasteiger charge is 2.27. The molecule has 0 aromatic carbocycles.